The second-order valence-electron chi connectivity index (χ2n) is 4.80. The summed E-state index contributed by atoms with van der Waals surface area (Å²) >= 11 is 1.70. The molecule has 0 unspecified atom stereocenters. The summed E-state index contributed by atoms with van der Waals surface area (Å²) in [6.45, 7) is 0.777. The molecule has 0 radical (unpaired) electrons. The summed E-state index contributed by atoms with van der Waals surface area (Å²) in [6, 6.07) is 12.2. The molecule has 4 heteroatoms. The monoisotopic (exact) mass is 284 g/mol. The first-order valence-electron chi connectivity index (χ1n) is 6.49. The van der Waals surface area contributed by atoms with Crippen molar-refractivity contribution in [3.05, 3.63) is 58.4 Å². The van der Waals surface area contributed by atoms with Crippen LogP contribution in [0.15, 0.2) is 47.2 Å². The lowest BCUT2D eigenvalue weighted by Crippen LogP contribution is -2.18. The van der Waals surface area contributed by atoms with Crippen LogP contribution in [0.3, 0.4) is 0 Å². The summed E-state index contributed by atoms with van der Waals surface area (Å²) in [5, 5.41) is 15.8. The van der Waals surface area contributed by atoms with Gasteiger partial charge in [-0.1, -0.05) is 24.3 Å². The zero-order valence-corrected chi connectivity index (χ0v) is 12.1. The molecule has 0 atom stereocenters. The molecule has 0 spiro atoms. The fourth-order valence-corrected chi connectivity index (χ4v) is 3.00. The highest BCUT2D eigenvalue weighted by Gasteiger charge is 2.10. The fourth-order valence-electron chi connectivity index (χ4n) is 2.34. The van der Waals surface area contributed by atoms with Crippen molar-refractivity contribution in [3.8, 4) is 0 Å². The van der Waals surface area contributed by atoms with Gasteiger partial charge in [0.2, 0.25) is 0 Å². The van der Waals surface area contributed by atoms with E-state index in [1.165, 1.54) is 5.56 Å². The van der Waals surface area contributed by atoms with Crippen LogP contribution < -0.4 is 4.90 Å². The van der Waals surface area contributed by atoms with E-state index in [-0.39, 0.29) is 6.61 Å². The molecule has 0 saturated heterocycles. The van der Waals surface area contributed by atoms with Crippen molar-refractivity contribution in [2.24, 2.45) is 0 Å². The molecule has 20 heavy (non-hydrogen) atoms. The third-order valence-electron chi connectivity index (χ3n) is 3.30. The predicted octanol–water partition coefficient (Wildman–Crippen LogP) is 3.43. The van der Waals surface area contributed by atoms with Crippen LogP contribution in [0.1, 0.15) is 11.3 Å². The van der Waals surface area contributed by atoms with Gasteiger partial charge in [0.15, 0.2) is 0 Å². The molecule has 1 N–H and O–H groups in total. The van der Waals surface area contributed by atoms with E-state index in [0.29, 0.717) is 5.69 Å². The molecule has 0 aliphatic rings. The quantitative estimate of drug-likeness (QED) is 0.797. The van der Waals surface area contributed by atoms with Crippen molar-refractivity contribution < 1.29 is 5.11 Å². The highest BCUT2D eigenvalue weighted by Crippen LogP contribution is 2.26. The van der Waals surface area contributed by atoms with Crippen molar-refractivity contribution in [2.75, 3.05) is 11.9 Å². The summed E-state index contributed by atoms with van der Waals surface area (Å²) < 4.78 is 0. The number of fused-ring (bicyclic) bond motifs is 1. The summed E-state index contributed by atoms with van der Waals surface area (Å²) in [5.41, 5.74) is 1.98. The van der Waals surface area contributed by atoms with Crippen LogP contribution in [0.2, 0.25) is 0 Å². The first-order valence-corrected chi connectivity index (χ1v) is 7.44. The Labute approximate surface area is 122 Å². The van der Waals surface area contributed by atoms with Crippen molar-refractivity contribution in [2.45, 2.75) is 13.2 Å². The van der Waals surface area contributed by atoms with Crippen molar-refractivity contribution in [3.63, 3.8) is 0 Å². The normalized spacial score (nSPS) is 10.9. The number of aliphatic hydroxyl groups excluding tert-OH is 1. The van der Waals surface area contributed by atoms with Crippen molar-refractivity contribution in [1.82, 2.24) is 4.98 Å². The topological polar surface area (TPSA) is 36.4 Å². The number of anilines is 1. The molecule has 3 aromatic rings. The van der Waals surface area contributed by atoms with Gasteiger partial charge in [-0.25, -0.2) is 4.98 Å². The van der Waals surface area contributed by atoms with E-state index < -0.39 is 0 Å². The maximum atomic E-state index is 9.38. The molecule has 1 aromatic carbocycles. The lowest BCUT2D eigenvalue weighted by Gasteiger charge is -2.20. The zero-order valence-electron chi connectivity index (χ0n) is 11.3. The molecular formula is C16H16N2OS. The summed E-state index contributed by atoms with van der Waals surface area (Å²) in [6.07, 6.45) is 0. The maximum absolute atomic E-state index is 9.38. The van der Waals surface area contributed by atoms with E-state index in [9.17, 15) is 5.11 Å². The molecule has 102 valence electrons. The van der Waals surface area contributed by atoms with E-state index in [1.807, 2.05) is 25.2 Å². The van der Waals surface area contributed by atoms with Crippen molar-refractivity contribution in [1.29, 1.82) is 0 Å². The number of hydrogen-bond acceptors (Lipinski definition) is 4. The molecule has 0 bridgehead atoms. The van der Waals surface area contributed by atoms with E-state index in [4.69, 9.17) is 0 Å². The molecule has 0 amide bonds. The Morgan fingerprint density at radius 1 is 1.25 bits per heavy atom. The smallest absolute Gasteiger partial charge is 0.136 e. The Bertz CT molecular complexity index is 710. The lowest BCUT2D eigenvalue weighted by atomic mass is 10.1. The van der Waals surface area contributed by atoms with Crippen LogP contribution >= 0.6 is 11.3 Å². The number of nitrogens with zero attached hydrogens (tertiary/aromatic N) is 2. The molecule has 0 fully saturated rings. The zero-order chi connectivity index (χ0) is 13.9. The van der Waals surface area contributed by atoms with Gasteiger partial charge in [-0.15, -0.1) is 0 Å². The molecule has 0 aliphatic carbocycles. The van der Waals surface area contributed by atoms with Gasteiger partial charge in [0.1, 0.15) is 5.82 Å². The van der Waals surface area contributed by atoms with E-state index in [2.05, 4.69) is 38.8 Å². The number of thiophene rings is 1. The molecular weight excluding hydrogens is 268 g/mol. The van der Waals surface area contributed by atoms with E-state index in [1.54, 1.807) is 11.3 Å². The summed E-state index contributed by atoms with van der Waals surface area (Å²) in [4.78, 5) is 6.71. The maximum Gasteiger partial charge on any atom is 0.136 e. The first kappa shape index (κ1) is 13.1. The Hall–Kier alpha value is -1.91. The number of hydrogen-bond donors (Lipinski definition) is 1. The van der Waals surface area contributed by atoms with Gasteiger partial charge < -0.3 is 10.0 Å². The SMILES string of the molecule is CN(Cc1ccsc1)c1nc(CO)cc2ccccc12. The number of benzene rings is 1. The number of aromatic nitrogens is 1. The fraction of sp³-hybridized carbons (Fsp3) is 0.188. The van der Waals surface area contributed by atoms with Gasteiger partial charge in [0.25, 0.3) is 0 Å². The van der Waals surface area contributed by atoms with Gasteiger partial charge >= 0.3 is 0 Å². The van der Waals surface area contributed by atoms with Gasteiger partial charge in [0.05, 0.1) is 12.3 Å². The highest BCUT2D eigenvalue weighted by molar-refractivity contribution is 7.07. The first-order chi connectivity index (χ1) is 9.78. The Morgan fingerprint density at radius 2 is 2.10 bits per heavy atom. The molecule has 0 aliphatic heterocycles. The van der Waals surface area contributed by atoms with Crippen LogP contribution in [-0.2, 0) is 13.2 Å². The number of pyridine rings is 1. The Balaban J connectivity index is 2.04. The van der Waals surface area contributed by atoms with Crippen LogP contribution in [0.25, 0.3) is 10.8 Å². The largest absolute Gasteiger partial charge is 0.390 e. The van der Waals surface area contributed by atoms with Gasteiger partial charge in [-0.2, -0.15) is 11.3 Å². The average molecular weight is 284 g/mol. The standard InChI is InChI=1S/C16H16N2OS/c1-18(9-12-6-7-20-11-12)16-15-5-3-2-4-13(15)8-14(10-19)17-16/h2-8,11,19H,9-10H2,1H3. The number of aliphatic hydroxyl groups is 1. The van der Waals surface area contributed by atoms with Gasteiger partial charge in [0, 0.05) is 19.0 Å². The van der Waals surface area contributed by atoms with Crippen LogP contribution in [-0.4, -0.2) is 17.1 Å². The minimum absolute atomic E-state index is 0.0376. The Kier molecular flexibility index (Phi) is 3.67. The van der Waals surface area contributed by atoms with Crippen LogP contribution in [0.4, 0.5) is 5.82 Å². The third kappa shape index (κ3) is 2.53. The molecule has 0 saturated carbocycles. The average Bonchev–Trinajstić information content (AvgIpc) is 2.98. The van der Waals surface area contributed by atoms with Crippen LogP contribution in [0, 0.1) is 0 Å². The summed E-state index contributed by atoms with van der Waals surface area (Å²) in [5.74, 6) is 0.915. The Morgan fingerprint density at radius 3 is 2.85 bits per heavy atom. The molecule has 2 heterocycles. The molecule has 2 aromatic heterocycles. The molecule has 3 nitrogen and oxygen atoms in total. The third-order valence-corrected chi connectivity index (χ3v) is 4.03. The lowest BCUT2D eigenvalue weighted by molar-refractivity contribution is 0.277. The summed E-state index contributed by atoms with van der Waals surface area (Å²) in [7, 11) is 2.04. The molecule has 3 rings (SSSR count). The minimum atomic E-state index is -0.0376. The van der Waals surface area contributed by atoms with Gasteiger partial charge in [-0.3, -0.25) is 0 Å². The number of rotatable bonds is 4. The highest BCUT2D eigenvalue weighted by atomic mass is 32.1. The van der Waals surface area contributed by atoms with E-state index >= 15 is 0 Å². The second kappa shape index (κ2) is 5.61. The van der Waals surface area contributed by atoms with Gasteiger partial charge in [-0.05, 0) is 33.8 Å². The minimum Gasteiger partial charge on any atom is -0.390 e. The second-order valence-corrected chi connectivity index (χ2v) is 5.58. The predicted molar refractivity (Wildman–Crippen MR) is 84.1 cm³/mol. The van der Waals surface area contributed by atoms with E-state index in [0.717, 1.165) is 23.1 Å². The van der Waals surface area contributed by atoms with Crippen LogP contribution in [0.5, 0.6) is 0 Å². The van der Waals surface area contributed by atoms with Crippen molar-refractivity contribution >= 4 is 27.9 Å².